The molecule has 0 bridgehead atoms. The predicted octanol–water partition coefficient (Wildman–Crippen LogP) is 3.64. The molecule has 0 saturated heterocycles. The van der Waals surface area contributed by atoms with Crippen LogP contribution in [0, 0.1) is 0 Å². The zero-order valence-electron chi connectivity index (χ0n) is 18.9. The second-order valence-electron chi connectivity index (χ2n) is 7.93. The van der Waals surface area contributed by atoms with E-state index in [2.05, 4.69) is 0 Å². The Balaban J connectivity index is 1.82. The van der Waals surface area contributed by atoms with Gasteiger partial charge in [0.15, 0.2) is 4.80 Å². The Morgan fingerprint density at radius 1 is 1.03 bits per heavy atom. The van der Waals surface area contributed by atoms with E-state index in [9.17, 15) is 14.7 Å². The Morgan fingerprint density at radius 2 is 1.69 bits per heavy atom. The normalized spacial score (nSPS) is 15.5. The maximum Gasteiger partial charge on any atom is 0.338 e. The van der Waals surface area contributed by atoms with Crippen molar-refractivity contribution in [3.05, 3.63) is 127 Å². The molecule has 1 aromatic heterocycles. The first kappa shape index (κ1) is 22.6. The Labute approximate surface area is 205 Å². The summed E-state index contributed by atoms with van der Waals surface area (Å²) in [5, 5.41) is 9.59. The summed E-state index contributed by atoms with van der Waals surface area (Å²) in [4.78, 5) is 32.3. The number of carbonyl (C=O) groups excluding carboxylic acids is 1. The Morgan fingerprint density at radius 3 is 2.34 bits per heavy atom. The van der Waals surface area contributed by atoms with E-state index in [0.717, 1.165) is 16.7 Å². The summed E-state index contributed by atoms with van der Waals surface area (Å²) in [7, 11) is 0. The van der Waals surface area contributed by atoms with Crippen LogP contribution in [0.25, 0.3) is 11.8 Å². The molecule has 0 fully saturated rings. The highest BCUT2D eigenvalue weighted by molar-refractivity contribution is 7.07. The van der Waals surface area contributed by atoms with E-state index < -0.39 is 12.0 Å². The molecule has 4 aromatic rings. The molecule has 5 rings (SSSR count). The van der Waals surface area contributed by atoms with Gasteiger partial charge >= 0.3 is 5.97 Å². The molecule has 0 unspecified atom stereocenters. The van der Waals surface area contributed by atoms with Crippen molar-refractivity contribution in [3.63, 3.8) is 0 Å². The summed E-state index contributed by atoms with van der Waals surface area (Å²) < 4.78 is 7.51. The predicted molar refractivity (Wildman–Crippen MR) is 136 cm³/mol. The summed E-state index contributed by atoms with van der Waals surface area (Å²) in [6.07, 6.45) is 1.77. The minimum Gasteiger partial charge on any atom is -0.508 e. The Hall–Kier alpha value is -4.23. The number of thiazole rings is 1. The fourth-order valence-corrected chi connectivity index (χ4v) is 5.11. The lowest BCUT2D eigenvalue weighted by atomic mass is 9.93. The van der Waals surface area contributed by atoms with Gasteiger partial charge in [0.05, 0.1) is 28.5 Å². The summed E-state index contributed by atoms with van der Waals surface area (Å²) in [6.45, 7) is 1.96. The van der Waals surface area contributed by atoms with Crippen LogP contribution in [0.15, 0.2) is 100 Å². The van der Waals surface area contributed by atoms with Crippen molar-refractivity contribution in [3.8, 4) is 5.75 Å². The first-order valence-corrected chi connectivity index (χ1v) is 12.0. The fourth-order valence-electron chi connectivity index (χ4n) is 4.11. The maximum absolute atomic E-state index is 13.7. The van der Waals surface area contributed by atoms with Gasteiger partial charge in [-0.3, -0.25) is 9.36 Å². The molecule has 0 aliphatic carbocycles. The van der Waals surface area contributed by atoms with Crippen LogP contribution in [0.3, 0.4) is 0 Å². The second kappa shape index (κ2) is 9.56. The summed E-state index contributed by atoms with van der Waals surface area (Å²) in [6, 6.07) is 24.8. The van der Waals surface area contributed by atoms with Crippen LogP contribution < -0.4 is 14.9 Å². The lowest BCUT2D eigenvalue weighted by Gasteiger charge is -2.25. The third-order valence-corrected chi connectivity index (χ3v) is 6.66. The van der Waals surface area contributed by atoms with Crippen molar-refractivity contribution in [2.45, 2.75) is 13.0 Å². The van der Waals surface area contributed by atoms with Crippen LogP contribution in [-0.4, -0.2) is 22.2 Å². The number of hydrogen-bond acceptors (Lipinski definition) is 6. The number of aromatic nitrogens is 1. The van der Waals surface area contributed by atoms with Crippen molar-refractivity contribution >= 4 is 29.1 Å². The molecule has 7 heteroatoms. The van der Waals surface area contributed by atoms with Gasteiger partial charge < -0.3 is 9.84 Å². The minimum absolute atomic E-state index is 0.152. The van der Waals surface area contributed by atoms with Gasteiger partial charge in [0.25, 0.3) is 5.56 Å². The number of fused-ring (bicyclic) bond motifs is 1. The second-order valence-corrected chi connectivity index (χ2v) is 8.94. The Kier molecular flexibility index (Phi) is 6.16. The third kappa shape index (κ3) is 4.34. The highest BCUT2D eigenvalue weighted by Crippen LogP contribution is 2.35. The topological polar surface area (TPSA) is 80.9 Å². The van der Waals surface area contributed by atoms with Gasteiger partial charge in [-0.2, -0.15) is 0 Å². The first-order chi connectivity index (χ1) is 17.1. The molecule has 1 aliphatic heterocycles. The van der Waals surface area contributed by atoms with Gasteiger partial charge in [-0.1, -0.05) is 84.1 Å². The largest absolute Gasteiger partial charge is 0.508 e. The molecule has 0 amide bonds. The quantitative estimate of drug-likeness (QED) is 0.441. The molecular formula is C28H22N2O4S. The number of aromatic hydroxyl groups is 1. The van der Waals surface area contributed by atoms with Crippen LogP contribution in [-0.2, 0) is 9.53 Å². The van der Waals surface area contributed by atoms with Crippen LogP contribution in [0.5, 0.6) is 5.75 Å². The van der Waals surface area contributed by atoms with E-state index in [1.165, 1.54) is 11.3 Å². The SMILES string of the molecule is CCOC(=O)C1=C(c2ccccc2)N=c2s/c(=C\c3ccc(O)cc3)c(=O)n2[C@H]1c1ccccc1. The van der Waals surface area contributed by atoms with Crippen molar-refractivity contribution in [1.29, 1.82) is 0 Å². The van der Waals surface area contributed by atoms with Crippen LogP contribution in [0.1, 0.15) is 29.7 Å². The summed E-state index contributed by atoms with van der Waals surface area (Å²) in [5.41, 5.74) is 2.91. The number of phenolic OH excluding ortho intramolecular Hbond substituents is 1. The van der Waals surface area contributed by atoms with Crippen LogP contribution in [0.2, 0.25) is 0 Å². The summed E-state index contributed by atoms with van der Waals surface area (Å²) in [5.74, 6) is -0.351. The number of esters is 1. The molecule has 0 radical (unpaired) electrons. The smallest absolute Gasteiger partial charge is 0.338 e. The molecule has 6 nitrogen and oxygen atoms in total. The molecular weight excluding hydrogens is 460 g/mol. The van der Waals surface area contributed by atoms with Crippen molar-refractivity contribution in [2.24, 2.45) is 4.99 Å². The van der Waals surface area contributed by atoms with E-state index >= 15 is 0 Å². The minimum atomic E-state index is -0.691. The average molecular weight is 483 g/mol. The van der Waals surface area contributed by atoms with Gasteiger partial charge in [-0.05, 0) is 36.3 Å². The molecule has 1 N–H and O–H groups in total. The number of rotatable bonds is 5. The molecule has 1 aliphatic rings. The average Bonchev–Trinajstić information content (AvgIpc) is 3.20. The van der Waals surface area contributed by atoms with Crippen molar-refractivity contribution < 1.29 is 14.6 Å². The monoisotopic (exact) mass is 482 g/mol. The number of hydrogen-bond donors (Lipinski definition) is 1. The maximum atomic E-state index is 13.7. The molecule has 0 saturated carbocycles. The number of benzene rings is 3. The highest BCUT2D eigenvalue weighted by atomic mass is 32.1. The van der Waals surface area contributed by atoms with Crippen molar-refractivity contribution in [1.82, 2.24) is 4.57 Å². The van der Waals surface area contributed by atoms with Crippen molar-refractivity contribution in [2.75, 3.05) is 6.61 Å². The molecule has 35 heavy (non-hydrogen) atoms. The number of nitrogens with zero attached hydrogens (tertiary/aromatic N) is 2. The van der Waals surface area contributed by atoms with Crippen LogP contribution in [0.4, 0.5) is 0 Å². The molecule has 2 heterocycles. The van der Waals surface area contributed by atoms with Gasteiger partial charge in [0.1, 0.15) is 5.75 Å². The molecule has 3 aromatic carbocycles. The van der Waals surface area contributed by atoms with E-state index in [0.29, 0.717) is 20.6 Å². The van der Waals surface area contributed by atoms with Gasteiger partial charge in [-0.25, -0.2) is 9.79 Å². The lowest BCUT2D eigenvalue weighted by molar-refractivity contribution is -0.138. The number of phenols is 1. The fraction of sp³-hybridized carbons (Fsp3) is 0.107. The summed E-state index contributed by atoms with van der Waals surface area (Å²) >= 11 is 1.26. The third-order valence-electron chi connectivity index (χ3n) is 5.68. The van der Waals surface area contributed by atoms with E-state index in [-0.39, 0.29) is 17.9 Å². The zero-order valence-corrected chi connectivity index (χ0v) is 19.7. The standard InChI is InChI=1S/C28H22N2O4S/c1-2-34-27(33)23-24(19-9-5-3-6-10-19)29-28-30(25(23)20-11-7-4-8-12-20)26(32)22(35-28)17-18-13-15-21(31)16-14-18/h3-17,25,31H,2H2,1H3/b22-17-/t25-/m0/s1. The van der Waals surface area contributed by atoms with E-state index in [4.69, 9.17) is 9.73 Å². The van der Waals surface area contributed by atoms with Gasteiger partial charge in [-0.15, -0.1) is 0 Å². The van der Waals surface area contributed by atoms with Gasteiger partial charge in [0, 0.05) is 5.56 Å². The molecule has 0 spiro atoms. The van der Waals surface area contributed by atoms with E-state index in [1.807, 2.05) is 60.7 Å². The Bertz CT molecular complexity index is 1580. The number of carbonyl (C=O) groups is 1. The van der Waals surface area contributed by atoms with Gasteiger partial charge in [0.2, 0.25) is 0 Å². The molecule has 174 valence electrons. The zero-order chi connectivity index (χ0) is 24.4. The highest BCUT2D eigenvalue weighted by Gasteiger charge is 2.35. The van der Waals surface area contributed by atoms with Crippen LogP contribution >= 0.6 is 11.3 Å². The molecule has 1 atom stereocenters. The first-order valence-electron chi connectivity index (χ1n) is 11.2. The lowest BCUT2D eigenvalue weighted by Crippen LogP contribution is -2.39. The number of ether oxygens (including phenoxy) is 1. The van der Waals surface area contributed by atoms with E-state index in [1.54, 1.807) is 41.8 Å².